The van der Waals surface area contributed by atoms with Crippen LogP contribution < -0.4 is 5.32 Å². The molecule has 2 rings (SSSR count). The van der Waals surface area contributed by atoms with Crippen LogP contribution in [0.5, 0.6) is 0 Å². The van der Waals surface area contributed by atoms with Gasteiger partial charge in [-0.25, -0.2) is 4.98 Å². The minimum atomic E-state index is 0.259. The van der Waals surface area contributed by atoms with Crippen molar-refractivity contribution in [1.82, 2.24) is 15.3 Å². The highest BCUT2D eigenvalue weighted by Crippen LogP contribution is 2.21. The molecule has 0 aliphatic rings. The Bertz CT molecular complexity index is 482. The molecule has 0 saturated carbocycles. The lowest BCUT2D eigenvalue weighted by Gasteiger charge is -2.19. The first-order valence-corrected chi connectivity index (χ1v) is 7.00. The van der Waals surface area contributed by atoms with Crippen molar-refractivity contribution in [2.75, 3.05) is 6.54 Å². The number of rotatable bonds is 6. The van der Waals surface area contributed by atoms with E-state index in [2.05, 4.69) is 54.3 Å². The van der Waals surface area contributed by atoms with Crippen LogP contribution in [0.4, 0.5) is 0 Å². The van der Waals surface area contributed by atoms with Crippen molar-refractivity contribution in [3.8, 4) is 0 Å². The van der Waals surface area contributed by atoms with Crippen molar-refractivity contribution < 1.29 is 0 Å². The summed E-state index contributed by atoms with van der Waals surface area (Å²) in [5.74, 6) is 1.02. The van der Waals surface area contributed by atoms with E-state index in [0.29, 0.717) is 0 Å². The summed E-state index contributed by atoms with van der Waals surface area (Å²) in [5, 5.41) is 3.58. The van der Waals surface area contributed by atoms with Crippen LogP contribution in [-0.4, -0.2) is 16.5 Å². The fourth-order valence-electron chi connectivity index (χ4n) is 2.43. The normalized spacial score (nSPS) is 12.6. The molecule has 0 bridgehead atoms. The predicted octanol–water partition coefficient (Wildman–Crippen LogP) is 3.31. The summed E-state index contributed by atoms with van der Waals surface area (Å²) >= 11 is 0. The molecule has 0 aliphatic carbocycles. The van der Waals surface area contributed by atoms with E-state index < -0.39 is 0 Å². The summed E-state index contributed by atoms with van der Waals surface area (Å²) in [6, 6.07) is 6.74. The van der Waals surface area contributed by atoms with Crippen molar-refractivity contribution in [3.05, 3.63) is 53.1 Å². The van der Waals surface area contributed by atoms with Crippen LogP contribution in [0.15, 0.2) is 30.6 Å². The van der Waals surface area contributed by atoms with E-state index in [4.69, 9.17) is 0 Å². The van der Waals surface area contributed by atoms with E-state index >= 15 is 0 Å². The van der Waals surface area contributed by atoms with E-state index in [1.165, 1.54) is 16.7 Å². The number of benzene rings is 1. The van der Waals surface area contributed by atoms with Crippen LogP contribution >= 0.6 is 0 Å². The second kappa shape index (κ2) is 6.53. The van der Waals surface area contributed by atoms with Crippen molar-refractivity contribution in [2.45, 2.75) is 39.7 Å². The highest BCUT2D eigenvalue weighted by atomic mass is 15.0. The van der Waals surface area contributed by atoms with Gasteiger partial charge in [-0.1, -0.05) is 25.1 Å². The van der Waals surface area contributed by atoms with Gasteiger partial charge in [-0.15, -0.1) is 0 Å². The molecule has 1 heterocycles. The minimum Gasteiger partial charge on any atom is -0.347 e. The maximum absolute atomic E-state index is 4.41. The summed E-state index contributed by atoms with van der Waals surface area (Å²) in [4.78, 5) is 7.64. The van der Waals surface area contributed by atoms with Crippen LogP contribution in [0.1, 0.15) is 41.9 Å². The Hall–Kier alpha value is -1.61. The van der Waals surface area contributed by atoms with E-state index in [-0.39, 0.29) is 6.04 Å². The number of nitrogens with one attached hydrogen (secondary N) is 2. The van der Waals surface area contributed by atoms with Crippen LogP contribution in [0.3, 0.4) is 0 Å². The van der Waals surface area contributed by atoms with Gasteiger partial charge in [0.15, 0.2) is 0 Å². The van der Waals surface area contributed by atoms with E-state index in [0.717, 1.165) is 25.2 Å². The number of hydrogen-bond donors (Lipinski definition) is 2. The Balaban J connectivity index is 2.20. The van der Waals surface area contributed by atoms with Crippen molar-refractivity contribution >= 4 is 0 Å². The summed E-state index contributed by atoms with van der Waals surface area (Å²) in [7, 11) is 0. The summed E-state index contributed by atoms with van der Waals surface area (Å²) in [6.07, 6.45) is 5.82. The molecule has 3 heteroatoms. The van der Waals surface area contributed by atoms with Gasteiger partial charge in [0, 0.05) is 12.4 Å². The maximum Gasteiger partial charge on any atom is 0.123 e. The van der Waals surface area contributed by atoms with E-state index in [9.17, 15) is 0 Å². The van der Waals surface area contributed by atoms with Crippen molar-refractivity contribution in [1.29, 1.82) is 0 Å². The number of H-pyrrole nitrogens is 1. The van der Waals surface area contributed by atoms with Gasteiger partial charge in [0.05, 0.1) is 6.04 Å². The molecule has 0 fully saturated rings. The largest absolute Gasteiger partial charge is 0.347 e. The molecule has 0 radical (unpaired) electrons. The minimum absolute atomic E-state index is 0.259. The van der Waals surface area contributed by atoms with Crippen LogP contribution in [0, 0.1) is 13.8 Å². The Morgan fingerprint density at radius 2 is 2.00 bits per heavy atom. The molecule has 0 saturated heterocycles. The van der Waals surface area contributed by atoms with Gasteiger partial charge in [-0.05, 0) is 49.9 Å². The molecule has 0 amide bonds. The van der Waals surface area contributed by atoms with Gasteiger partial charge in [0.2, 0.25) is 0 Å². The summed E-state index contributed by atoms with van der Waals surface area (Å²) < 4.78 is 0. The third-order valence-electron chi connectivity index (χ3n) is 3.54. The first-order valence-electron chi connectivity index (χ1n) is 7.00. The monoisotopic (exact) mass is 257 g/mol. The SMILES string of the molecule is CCCNC(Cc1c(C)cccc1C)c1ncc[nH]1. The Kier molecular flexibility index (Phi) is 4.74. The lowest BCUT2D eigenvalue weighted by molar-refractivity contribution is 0.507. The zero-order chi connectivity index (χ0) is 13.7. The van der Waals surface area contributed by atoms with Crippen LogP contribution in [-0.2, 0) is 6.42 Å². The molecule has 3 nitrogen and oxygen atoms in total. The van der Waals surface area contributed by atoms with Gasteiger partial charge in [0.25, 0.3) is 0 Å². The van der Waals surface area contributed by atoms with Gasteiger partial charge in [-0.2, -0.15) is 0 Å². The Labute approximate surface area is 115 Å². The molecular formula is C16H23N3. The molecule has 102 valence electrons. The van der Waals surface area contributed by atoms with Gasteiger partial charge in [-0.3, -0.25) is 0 Å². The predicted molar refractivity (Wildman–Crippen MR) is 79.2 cm³/mol. The van der Waals surface area contributed by atoms with Crippen LogP contribution in [0.2, 0.25) is 0 Å². The van der Waals surface area contributed by atoms with Gasteiger partial charge < -0.3 is 10.3 Å². The number of nitrogens with zero attached hydrogens (tertiary/aromatic N) is 1. The average Bonchev–Trinajstić information content (AvgIpc) is 2.91. The molecule has 1 unspecified atom stereocenters. The fraction of sp³-hybridized carbons (Fsp3) is 0.438. The second-order valence-electron chi connectivity index (χ2n) is 5.06. The molecule has 1 atom stereocenters. The third kappa shape index (κ3) is 3.44. The summed E-state index contributed by atoms with van der Waals surface area (Å²) in [6.45, 7) is 7.56. The van der Waals surface area contributed by atoms with Crippen molar-refractivity contribution in [2.24, 2.45) is 0 Å². The fourth-order valence-corrected chi connectivity index (χ4v) is 2.43. The molecule has 2 N–H and O–H groups in total. The van der Waals surface area contributed by atoms with Crippen molar-refractivity contribution in [3.63, 3.8) is 0 Å². The number of aromatic nitrogens is 2. The smallest absolute Gasteiger partial charge is 0.123 e. The Morgan fingerprint density at radius 1 is 1.26 bits per heavy atom. The number of aryl methyl sites for hydroxylation is 2. The molecule has 1 aromatic heterocycles. The highest BCUT2D eigenvalue weighted by Gasteiger charge is 2.15. The third-order valence-corrected chi connectivity index (χ3v) is 3.54. The quantitative estimate of drug-likeness (QED) is 0.833. The standard InChI is InChI=1S/C16H23N3/c1-4-8-17-15(16-18-9-10-19-16)11-14-12(2)6-5-7-13(14)3/h5-7,9-10,15,17H,4,8,11H2,1-3H3,(H,18,19). The van der Waals surface area contributed by atoms with E-state index in [1.807, 2.05) is 12.4 Å². The summed E-state index contributed by atoms with van der Waals surface area (Å²) in [5.41, 5.74) is 4.14. The van der Waals surface area contributed by atoms with Crippen LogP contribution in [0.25, 0.3) is 0 Å². The van der Waals surface area contributed by atoms with Gasteiger partial charge >= 0.3 is 0 Å². The first-order chi connectivity index (χ1) is 9.22. The first kappa shape index (κ1) is 13.8. The number of imidazole rings is 1. The molecular weight excluding hydrogens is 234 g/mol. The molecule has 2 aromatic rings. The number of hydrogen-bond acceptors (Lipinski definition) is 2. The second-order valence-corrected chi connectivity index (χ2v) is 5.06. The molecule has 0 spiro atoms. The molecule has 0 aliphatic heterocycles. The Morgan fingerprint density at radius 3 is 2.58 bits per heavy atom. The topological polar surface area (TPSA) is 40.7 Å². The maximum atomic E-state index is 4.41. The molecule has 1 aromatic carbocycles. The molecule has 19 heavy (non-hydrogen) atoms. The number of aromatic amines is 1. The zero-order valence-electron chi connectivity index (χ0n) is 12.0. The average molecular weight is 257 g/mol. The van der Waals surface area contributed by atoms with E-state index in [1.54, 1.807) is 0 Å². The zero-order valence-corrected chi connectivity index (χ0v) is 12.0. The van der Waals surface area contributed by atoms with Gasteiger partial charge in [0.1, 0.15) is 5.82 Å². The lowest BCUT2D eigenvalue weighted by Crippen LogP contribution is -2.25. The highest BCUT2D eigenvalue weighted by molar-refractivity contribution is 5.34. The lowest BCUT2D eigenvalue weighted by atomic mass is 9.96.